The molecular weight excluding hydrogens is 252 g/mol. The van der Waals surface area contributed by atoms with E-state index in [1.165, 1.54) is 0 Å². The molecule has 1 heterocycles. The molecule has 0 aliphatic carbocycles. The first-order valence-electron chi connectivity index (χ1n) is 6.59. The van der Waals surface area contributed by atoms with Crippen molar-refractivity contribution in [2.24, 2.45) is 0 Å². The minimum Gasteiger partial charge on any atom is -0.381 e. The van der Waals surface area contributed by atoms with Crippen LogP contribution < -0.4 is 0 Å². The van der Waals surface area contributed by atoms with Crippen molar-refractivity contribution in [3.8, 4) is 0 Å². The van der Waals surface area contributed by atoms with Gasteiger partial charge in [-0.1, -0.05) is 0 Å². The normalized spacial score (nSPS) is 19.1. The zero-order chi connectivity index (χ0) is 13.8. The number of sulfonamides is 1. The molecule has 0 atom stereocenters. The summed E-state index contributed by atoms with van der Waals surface area (Å²) in [5.41, 5.74) is 0. The van der Waals surface area contributed by atoms with E-state index in [1.54, 1.807) is 18.2 Å². The Morgan fingerprint density at radius 3 is 2.17 bits per heavy atom. The Bertz CT molecular complexity index is 335. The standard InChI is InChI=1S/C12H26N2O3S/c1-11(2)18(15,16)14(8-7-13(3)4)12-5-9-17-10-6-12/h11-12H,5-10H2,1-4H3. The predicted octanol–water partition coefficient (Wildman–Crippen LogP) is 0.767. The number of hydrogen-bond acceptors (Lipinski definition) is 4. The molecule has 0 amide bonds. The summed E-state index contributed by atoms with van der Waals surface area (Å²) in [5.74, 6) is 0. The van der Waals surface area contributed by atoms with Gasteiger partial charge in [0, 0.05) is 32.3 Å². The van der Waals surface area contributed by atoms with Gasteiger partial charge in [-0.3, -0.25) is 0 Å². The van der Waals surface area contributed by atoms with Crippen molar-refractivity contribution in [1.82, 2.24) is 9.21 Å². The van der Waals surface area contributed by atoms with Gasteiger partial charge >= 0.3 is 0 Å². The summed E-state index contributed by atoms with van der Waals surface area (Å²) in [7, 11) is 0.742. The Balaban J connectivity index is 2.80. The summed E-state index contributed by atoms with van der Waals surface area (Å²) in [6.07, 6.45) is 1.61. The van der Waals surface area contributed by atoms with E-state index in [0.29, 0.717) is 19.8 Å². The number of rotatable bonds is 6. The molecule has 0 aromatic carbocycles. The van der Waals surface area contributed by atoms with Gasteiger partial charge in [0.2, 0.25) is 10.0 Å². The topological polar surface area (TPSA) is 49.9 Å². The molecule has 6 heteroatoms. The fraction of sp³-hybridized carbons (Fsp3) is 1.00. The molecule has 5 nitrogen and oxygen atoms in total. The lowest BCUT2D eigenvalue weighted by Crippen LogP contribution is -2.48. The molecule has 0 radical (unpaired) electrons. The van der Waals surface area contributed by atoms with Gasteiger partial charge < -0.3 is 9.64 Å². The van der Waals surface area contributed by atoms with Crippen LogP contribution >= 0.6 is 0 Å². The smallest absolute Gasteiger partial charge is 0.216 e. The first-order valence-corrected chi connectivity index (χ1v) is 8.09. The van der Waals surface area contributed by atoms with Crippen molar-refractivity contribution >= 4 is 10.0 Å². The van der Waals surface area contributed by atoms with Gasteiger partial charge in [-0.25, -0.2) is 8.42 Å². The number of hydrogen-bond donors (Lipinski definition) is 0. The molecule has 18 heavy (non-hydrogen) atoms. The summed E-state index contributed by atoms with van der Waals surface area (Å²) >= 11 is 0. The highest BCUT2D eigenvalue weighted by molar-refractivity contribution is 7.89. The molecule has 1 rings (SSSR count). The maximum atomic E-state index is 12.4. The lowest BCUT2D eigenvalue weighted by molar-refractivity contribution is 0.0571. The largest absolute Gasteiger partial charge is 0.381 e. The Hall–Kier alpha value is -0.170. The van der Waals surface area contributed by atoms with E-state index in [0.717, 1.165) is 19.4 Å². The monoisotopic (exact) mass is 278 g/mol. The Labute approximate surface area is 111 Å². The third-order valence-electron chi connectivity index (χ3n) is 3.29. The minimum atomic E-state index is -3.18. The van der Waals surface area contributed by atoms with Crippen LogP contribution in [0.25, 0.3) is 0 Å². The SMILES string of the molecule is CC(C)S(=O)(=O)N(CCN(C)C)C1CCOCC1. The highest BCUT2D eigenvalue weighted by Crippen LogP contribution is 2.20. The van der Waals surface area contributed by atoms with Crippen LogP contribution in [0.2, 0.25) is 0 Å². The highest BCUT2D eigenvalue weighted by atomic mass is 32.2. The number of ether oxygens (including phenoxy) is 1. The van der Waals surface area contributed by atoms with E-state index in [9.17, 15) is 8.42 Å². The molecular formula is C12H26N2O3S. The Morgan fingerprint density at radius 2 is 1.72 bits per heavy atom. The van der Waals surface area contributed by atoms with Crippen molar-refractivity contribution in [2.75, 3.05) is 40.4 Å². The molecule has 0 aromatic rings. The van der Waals surface area contributed by atoms with Crippen LogP contribution in [0.15, 0.2) is 0 Å². The first kappa shape index (κ1) is 15.9. The molecule has 0 saturated carbocycles. The van der Waals surface area contributed by atoms with E-state index in [2.05, 4.69) is 0 Å². The van der Waals surface area contributed by atoms with E-state index >= 15 is 0 Å². The molecule has 0 bridgehead atoms. The summed E-state index contributed by atoms with van der Waals surface area (Å²) in [4.78, 5) is 2.02. The van der Waals surface area contributed by atoms with Gasteiger partial charge in [-0.2, -0.15) is 4.31 Å². The minimum absolute atomic E-state index is 0.103. The van der Waals surface area contributed by atoms with E-state index in [1.807, 2.05) is 19.0 Å². The van der Waals surface area contributed by atoms with Gasteiger partial charge in [0.05, 0.1) is 5.25 Å². The van der Waals surface area contributed by atoms with Gasteiger partial charge in [-0.15, -0.1) is 0 Å². The van der Waals surface area contributed by atoms with Gasteiger partial charge in [-0.05, 0) is 40.8 Å². The lowest BCUT2D eigenvalue weighted by Gasteiger charge is -2.35. The second-order valence-corrected chi connectivity index (χ2v) is 7.79. The van der Waals surface area contributed by atoms with Gasteiger partial charge in [0.1, 0.15) is 0 Å². The van der Waals surface area contributed by atoms with Gasteiger partial charge in [0.15, 0.2) is 0 Å². The quantitative estimate of drug-likeness (QED) is 0.720. The second kappa shape index (κ2) is 6.84. The highest BCUT2D eigenvalue weighted by Gasteiger charge is 2.32. The van der Waals surface area contributed by atoms with E-state index in [4.69, 9.17) is 4.74 Å². The molecule has 1 fully saturated rings. The average molecular weight is 278 g/mol. The molecule has 0 spiro atoms. The molecule has 1 aliphatic rings. The van der Waals surface area contributed by atoms with Crippen molar-refractivity contribution < 1.29 is 13.2 Å². The summed E-state index contributed by atoms with van der Waals surface area (Å²) in [6, 6.07) is 0.103. The molecule has 0 N–H and O–H groups in total. The second-order valence-electron chi connectivity index (χ2n) is 5.35. The number of nitrogens with zero attached hydrogens (tertiary/aromatic N) is 2. The zero-order valence-corrected chi connectivity index (χ0v) is 12.7. The van der Waals surface area contributed by atoms with Crippen LogP contribution in [-0.4, -0.2) is 69.3 Å². The summed E-state index contributed by atoms with van der Waals surface area (Å²) in [5, 5.41) is -0.359. The number of likely N-dealkylation sites (N-methyl/N-ethyl adjacent to an activating group) is 1. The molecule has 108 valence electrons. The lowest BCUT2D eigenvalue weighted by atomic mass is 10.1. The summed E-state index contributed by atoms with van der Waals surface area (Å²) < 4.78 is 31.8. The van der Waals surface area contributed by atoms with Crippen LogP contribution in [0.4, 0.5) is 0 Å². The third kappa shape index (κ3) is 4.19. The molecule has 0 aromatic heterocycles. The van der Waals surface area contributed by atoms with Crippen LogP contribution in [0.3, 0.4) is 0 Å². The van der Waals surface area contributed by atoms with E-state index in [-0.39, 0.29) is 11.3 Å². The van der Waals surface area contributed by atoms with Crippen molar-refractivity contribution in [1.29, 1.82) is 0 Å². The zero-order valence-electron chi connectivity index (χ0n) is 11.9. The molecule has 0 unspecified atom stereocenters. The Morgan fingerprint density at radius 1 is 1.17 bits per heavy atom. The maximum Gasteiger partial charge on any atom is 0.216 e. The molecule has 1 saturated heterocycles. The Kier molecular flexibility index (Phi) is 6.04. The first-order chi connectivity index (χ1) is 8.35. The summed E-state index contributed by atoms with van der Waals surface area (Å²) in [6.45, 7) is 6.14. The van der Waals surface area contributed by atoms with E-state index < -0.39 is 10.0 Å². The predicted molar refractivity (Wildman–Crippen MR) is 73.2 cm³/mol. The third-order valence-corrected chi connectivity index (χ3v) is 5.61. The van der Waals surface area contributed by atoms with Crippen molar-refractivity contribution in [3.05, 3.63) is 0 Å². The molecule has 1 aliphatic heterocycles. The van der Waals surface area contributed by atoms with Gasteiger partial charge in [0.25, 0.3) is 0 Å². The van der Waals surface area contributed by atoms with Crippen LogP contribution in [0.1, 0.15) is 26.7 Å². The van der Waals surface area contributed by atoms with Crippen molar-refractivity contribution in [3.63, 3.8) is 0 Å². The fourth-order valence-corrected chi connectivity index (χ4v) is 3.56. The van der Waals surface area contributed by atoms with Crippen LogP contribution in [0, 0.1) is 0 Å². The average Bonchev–Trinajstić information content (AvgIpc) is 2.29. The van der Waals surface area contributed by atoms with Crippen molar-refractivity contribution in [2.45, 2.75) is 38.0 Å². The fourth-order valence-electron chi connectivity index (χ4n) is 2.06. The van der Waals surface area contributed by atoms with Crippen LogP contribution in [0.5, 0.6) is 0 Å². The maximum absolute atomic E-state index is 12.4. The van der Waals surface area contributed by atoms with Crippen LogP contribution in [-0.2, 0) is 14.8 Å².